The molecule has 5 fully saturated rings. The van der Waals surface area contributed by atoms with Gasteiger partial charge in [-0.3, -0.25) is 0 Å². The molecule has 5 aliphatic carbocycles. The maximum absolute atomic E-state index is 2.82. The van der Waals surface area contributed by atoms with Gasteiger partial charge in [-0.15, -0.1) is 0 Å². The summed E-state index contributed by atoms with van der Waals surface area (Å²) in [7, 11) is 0. The normalized spacial score (nSPS) is 47.8. The quantitative estimate of drug-likeness (QED) is 0.330. The number of rotatable bonds is 1. The molecule has 0 saturated heterocycles. The molecule has 36 heavy (non-hydrogen) atoms. The van der Waals surface area contributed by atoms with Gasteiger partial charge in [0.2, 0.25) is 0 Å². The van der Waals surface area contributed by atoms with Gasteiger partial charge < -0.3 is 0 Å². The van der Waals surface area contributed by atoms with Crippen molar-refractivity contribution in [3.05, 3.63) is 0 Å². The highest BCUT2D eigenvalue weighted by atomic mass is 14.7. The van der Waals surface area contributed by atoms with Gasteiger partial charge in [-0.25, -0.2) is 0 Å². The predicted molar refractivity (Wildman–Crippen MR) is 170 cm³/mol. The summed E-state index contributed by atoms with van der Waals surface area (Å²) in [5.41, 5.74) is 2.95. The van der Waals surface area contributed by atoms with Crippen molar-refractivity contribution in [3.8, 4) is 0 Å². The monoisotopic (exact) mass is 509 g/mol. The first-order chi connectivity index (χ1) is 13.9. The van der Waals surface area contributed by atoms with Crippen LogP contribution in [0.3, 0.4) is 0 Å². The summed E-state index contributed by atoms with van der Waals surface area (Å²) in [5, 5.41) is 0. The molecule has 0 heterocycles. The highest BCUT2D eigenvalue weighted by Gasteiger charge is 2.69. The summed E-state index contributed by atoms with van der Waals surface area (Å²) >= 11 is 0. The van der Waals surface area contributed by atoms with Crippen LogP contribution in [-0.4, -0.2) is 0 Å². The first kappa shape index (κ1) is 38.1. The predicted octanol–water partition coefficient (Wildman–Crippen LogP) is 13.0. The summed E-state index contributed by atoms with van der Waals surface area (Å²) < 4.78 is 0. The standard InChI is InChI=1S/C30H52.6CH4/c1-20(2)21-12-16-27(5)18-19-29(7)22(25(21)27)10-11-24-28(6)15-9-14-26(3,4)23(28)13-17-30(24,29)8;;;;;;/h20-25H,9-19H2,1-8H3;6*1H4/t21-,22+,23-,24+,25+,27+,28-,29+,30+;;;;;;/m0....../s1. The highest BCUT2D eigenvalue weighted by Crippen LogP contribution is 2.77. The van der Waals surface area contributed by atoms with Crippen LogP contribution >= 0.6 is 0 Å². The third-order valence-electron chi connectivity index (χ3n) is 13.5. The van der Waals surface area contributed by atoms with E-state index in [1.807, 2.05) is 0 Å². The first-order valence-electron chi connectivity index (χ1n) is 13.9. The molecule has 9 atom stereocenters. The Morgan fingerprint density at radius 2 is 1.17 bits per heavy atom. The number of hydrogen-bond acceptors (Lipinski definition) is 0. The molecule has 0 nitrogen and oxygen atoms in total. The van der Waals surface area contributed by atoms with E-state index in [1.54, 1.807) is 6.42 Å². The second kappa shape index (κ2) is 11.6. The summed E-state index contributed by atoms with van der Waals surface area (Å²) in [6, 6.07) is 0. The molecule has 5 aliphatic rings. The number of fused-ring (bicyclic) bond motifs is 7. The molecule has 0 amide bonds. The van der Waals surface area contributed by atoms with Crippen LogP contribution in [0.5, 0.6) is 0 Å². The van der Waals surface area contributed by atoms with Crippen LogP contribution in [0.1, 0.15) is 171 Å². The molecule has 0 N–H and O–H groups in total. The Balaban J connectivity index is 0. The van der Waals surface area contributed by atoms with Crippen molar-refractivity contribution in [1.29, 1.82) is 0 Å². The minimum absolute atomic E-state index is 0. The van der Waals surface area contributed by atoms with Crippen molar-refractivity contribution in [3.63, 3.8) is 0 Å². The lowest BCUT2D eigenvalue weighted by Crippen LogP contribution is -2.65. The van der Waals surface area contributed by atoms with E-state index in [0.717, 1.165) is 35.5 Å². The van der Waals surface area contributed by atoms with Gasteiger partial charge in [-0.2, -0.15) is 0 Å². The average molecular weight is 509 g/mol. The maximum atomic E-state index is 2.82. The Morgan fingerprint density at radius 3 is 1.75 bits per heavy atom. The number of hydrogen-bond donors (Lipinski definition) is 0. The maximum Gasteiger partial charge on any atom is -0.0235 e. The van der Waals surface area contributed by atoms with Gasteiger partial charge in [0.25, 0.3) is 0 Å². The van der Waals surface area contributed by atoms with Crippen molar-refractivity contribution in [1.82, 2.24) is 0 Å². The van der Waals surface area contributed by atoms with Gasteiger partial charge in [0.05, 0.1) is 0 Å². The van der Waals surface area contributed by atoms with Crippen LogP contribution in [0, 0.1) is 62.6 Å². The van der Waals surface area contributed by atoms with E-state index in [4.69, 9.17) is 0 Å². The Kier molecular flexibility index (Phi) is 12.3. The molecule has 0 radical (unpaired) electrons. The Bertz CT molecular complexity index is 688. The lowest BCUT2D eigenvalue weighted by molar-refractivity contribution is -0.236. The zero-order valence-corrected chi connectivity index (χ0v) is 21.7. The summed E-state index contributed by atoms with van der Waals surface area (Å²) in [5.74, 6) is 5.78. The molecule has 0 aliphatic heterocycles. The minimum atomic E-state index is 0. The van der Waals surface area contributed by atoms with Crippen LogP contribution < -0.4 is 0 Å². The Labute approximate surface area is 233 Å². The smallest absolute Gasteiger partial charge is 0.0235 e. The third kappa shape index (κ3) is 4.67. The van der Waals surface area contributed by atoms with Gasteiger partial charge in [0, 0.05) is 0 Å². The van der Waals surface area contributed by atoms with Crippen LogP contribution in [0.15, 0.2) is 0 Å². The lowest BCUT2D eigenvalue weighted by Gasteiger charge is -2.72. The third-order valence-corrected chi connectivity index (χ3v) is 13.5. The van der Waals surface area contributed by atoms with Gasteiger partial charge in [-0.1, -0.05) is 106 Å². The Hall–Kier alpha value is 0. The van der Waals surface area contributed by atoms with Gasteiger partial charge in [-0.05, 0) is 127 Å². The van der Waals surface area contributed by atoms with Crippen molar-refractivity contribution in [2.75, 3.05) is 0 Å². The van der Waals surface area contributed by atoms with Crippen molar-refractivity contribution >= 4 is 0 Å². The average Bonchev–Trinajstić information content (AvgIpc) is 2.99. The molecule has 220 valence electrons. The van der Waals surface area contributed by atoms with Crippen LogP contribution in [0.2, 0.25) is 0 Å². The zero-order chi connectivity index (χ0) is 21.7. The second-order valence-corrected chi connectivity index (χ2v) is 15.1. The molecule has 0 unspecified atom stereocenters. The SMILES string of the molecule is C.C.C.C.C.C.CC(C)[C@@H]1CC[C@]2(C)CC[C@]3(C)[C@H](CC[C@@H]4[C@@]5(C)CCCC(C)(C)[C@@H]5CC[C@]43C)[C@@H]12. The fourth-order valence-electron chi connectivity index (χ4n) is 11.8. The lowest BCUT2D eigenvalue weighted by atomic mass is 9.32. The zero-order valence-electron chi connectivity index (χ0n) is 21.7. The van der Waals surface area contributed by atoms with Crippen LogP contribution in [0.4, 0.5) is 0 Å². The van der Waals surface area contributed by atoms with Crippen molar-refractivity contribution < 1.29 is 0 Å². The van der Waals surface area contributed by atoms with E-state index < -0.39 is 0 Å². The van der Waals surface area contributed by atoms with Gasteiger partial charge in [0.1, 0.15) is 0 Å². The summed E-state index contributed by atoms with van der Waals surface area (Å²) in [6.45, 7) is 21.4. The van der Waals surface area contributed by atoms with E-state index in [-0.39, 0.29) is 44.6 Å². The van der Waals surface area contributed by atoms with Crippen molar-refractivity contribution in [2.45, 2.75) is 171 Å². The Morgan fingerprint density at radius 1 is 0.556 bits per heavy atom. The van der Waals surface area contributed by atoms with E-state index in [1.165, 1.54) is 64.2 Å². The molecule has 5 rings (SSSR count). The molecule has 0 bridgehead atoms. The molecule has 0 spiro atoms. The molecule has 0 aromatic carbocycles. The fourth-order valence-corrected chi connectivity index (χ4v) is 11.8. The van der Waals surface area contributed by atoms with E-state index >= 15 is 0 Å². The molecule has 0 aromatic rings. The molecular weight excluding hydrogens is 432 g/mol. The van der Waals surface area contributed by atoms with Gasteiger partial charge in [0.15, 0.2) is 0 Å². The molecular formula is C36H76. The first-order valence-corrected chi connectivity index (χ1v) is 13.9. The second-order valence-electron chi connectivity index (χ2n) is 15.1. The topological polar surface area (TPSA) is 0 Å². The summed E-state index contributed by atoms with van der Waals surface area (Å²) in [4.78, 5) is 0. The van der Waals surface area contributed by atoms with Gasteiger partial charge >= 0.3 is 0 Å². The van der Waals surface area contributed by atoms with Crippen LogP contribution in [0.25, 0.3) is 0 Å². The van der Waals surface area contributed by atoms with E-state index in [9.17, 15) is 0 Å². The summed E-state index contributed by atoms with van der Waals surface area (Å²) in [6.07, 6.45) is 16.6. The van der Waals surface area contributed by atoms with Crippen molar-refractivity contribution in [2.24, 2.45) is 62.6 Å². The molecule has 5 saturated carbocycles. The minimum Gasteiger partial charge on any atom is -0.0776 e. The van der Waals surface area contributed by atoms with Crippen LogP contribution in [-0.2, 0) is 0 Å². The highest BCUT2D eigenvalue weighted by molar-refractivity contribution is 5.18. The van der Waals surface area contributed by atoms with E-state index in [0.29, 0.717) is 27.1 Å². The fraction of sp³-hybridized carbons (Fsp3) is 1.00. The largest absolute Gasteiger partial charge is 0.0776 e. The molecule has 0 aromatic heterocycles. The van der Waals surface area contributed by atoms with E-state index in [2.05, 4.69) is 55.4 Å². The molecule has 0 heteroatoms.